The van der Waals surface area contributed by atoms with Gasteiger partial charge in [0.15, 0.2) is 0 Å². The molecule has 0 aromatic rings. The number of likely N-dealkylation sites (tertiary alicyclic amines) is 1. The minimum absolute atomic E-state index is 0.199. The van der Waals surface area contributed by atoms with Crippen LogP contribution in [0.2, 0.25) is 0 Å². The van der Waals surface area contributed by atoms with Gasteiger partial charge < -0.3 is 5.11 Å². The maximum atomic E-state index is 10.8. The Morgan fingerprint density at radius 2 is 2.38 bits per heavy atom. The molecule has 1 rings (SSSR count). The standard InChI is InChI=1S/C13H19NO2/c1-3-5-11(6-4-2)9-14-8-7-12(10-14)13(15)16/h3-6,12H,1,7-10H2,2H3,(H,15,16)/b6-4-,11-5+. The second-order valence-electron chi connectivity index (χ2n) is 4.04. The van der Waals surface area contributed by atoms with Crippen LogP contribution in [0.15, 0.2) is 36.5 Å². The maximum Gasteiger partial charge on any atom is 0.307 e. The van der Waals surface area contributed by atoms with E-state index in [2.05, 4.69) is 11.5 Å². The van der Waals surface area contributed by atoms with Gasteiger partial charge in [-0.3, -0.25) is 9.69 Å². The van der Waals surface area contributed by atoms with Crippen LogP contribution >= 0.6 is 0 Å². The first-order valence-corrected chi connectivity index (χ1v) is 5.56. The zero-order valence-corrected chi connectivity index (χ0v) is 9.72. The first-order valence-electron chi connectivity index (χ1n) is 5.56. The molecular weight excluding hydrogens is 202 g/mol. The molecule has 0 spiro atoms. The molecule has 0 amide bonds. The van der Waals surface area contributed by atoms with Gasteiger partial charge in [0.25, 0.3) is 0 Å². The molecule has 1 aliphatic heterocycles. The lowest BCUT2D eigenvalue weighted by Crippen LogP contribution is -2.25. The molecule has 3 heteroatoms. The van der Waals surface area contributed by atoms with Gasteiger partial charge >= 0.3 is 5.97 Å². The Labute approximate surface area is 96.8 Å². The number of rotatable bonds is 5. The third-order valence-electron chi connectivity index (χ3n) is 2.74. The minimum atomic E-state index is -0.678. The van der Waals surface area contributed by atoms with Gasteiger partial charge in [-0.1, -0.05) is 30.9 Å². The van der Waals surface area contributed by atoms with Crippen LogP contribution in [-0.2, 0) is 4.79 Å². The second kappa shape index (κ2) is 6.28. The highest BCUT2D eigenvalue weighted by atomic mass is 16.4. The Morgan fingerprint density at radius 3 is 2.88 bits per heavy atom. The van der Waals surface area contributed by atoms with Crippen LogP contribution in [-0.4, -0.2) is 35.6 Å². The molecule has 1 fully saturated rings. The molecule has 0 aromatic carbocycles. The summed E-state index contributed by atoms with van der Waals surface area (Å²) in [6.07, 6.45) is 8.51. The van der Waals surface area contributed by atoms with Crippen molar-refractivity contribution in [2.45, 2.75) is 13.3 Å². The van der Waals surface area contributed by atoms with Crippen molar-refractivity contribution in [2.24, 2.45) is 5.92 Å². The van der Waals surface area contributed by atoms with Gasteiger partial charge in [0, 0.05) is 13.1 Å². The molecule has 1 N–H and O–H groups in total. The lowest BCUT2D eigenvalue weighted by molar-refractivity contribution is -0.141. The van der Waals surface area contributed by atoms with E-state index in [0.717, 1.165) is 19.5 Å². The lowest BCUT2D eigenvalue weighted by atomic mass is 10.1. The quantitative estimate of drug-likeness (QED) is 0.723. The highest BCUT2D eigenvalue weighted by Crippen LogP contribution is 2.17. The zero-order chi connectivity index (χ0) is 12.0. The van der Waals surface area contributed by atoms with Crippen molar-refractivity contribution >= 4 is 5.97 Å². The number of allylic oxidation sites excluding steroid dienone is 3. The summed E-state index contributed by atoms with van der Waals surface area (Å²) in [6.45, 7) is 7.97. The van der Waals surface area contributed by atoms with Crippen LogP contribution in [0.4, 0.5) is 0 Å². The van der Waals surface area contributed by atoms with E-state index in [9.17, 15) is 4.79 Å². The Morgan fingerprint density at radius 1 is 1.62 bits per heavy atom. The number of carbonyl (C=O) groups is 1. The number of carboxylic acids is 1. The molecule has 0 aromatic heterocycles. The summed E-state index contributed by atoms with van der Waals surface area (Å²) in [5.74, 6) is -0.877. The highest BCUT2D eigenvalue weighted by Gasteiger charge is 2.27. The van der Waals surface area contributed by atoms with Crippen molar-refractivity contribution in [3.63, 3.8) is 0 Å². The fourth-order valence-electron chi connectivity index (χ4n) is 1.96. The summed E-state index contributed by atoms with van der Waals surface area (Å²) in [7, 11) is 0. The first-order chi connectivity index (χ1) is 7.67. The van der Waals surface area contributed by atoms with Crippen molar-refractivity contribution in [3.8, 4) is 0 Å². The van der Waals surface area contributed by atoms with E-state index in [1.807, 2.05) is 25.2 Å². The molecular formula is C13H19NO2. The first kappa shape index (κ1) is 12.7. The second-order valence-corrected chi connectivity index (χ2v) is 4.04. The zero-order valence-electron chi connectivity index (χ0n) is 9.72. The van der Waals surface area contributed by atoms with E-state index in [1.54, 1.807) is 6.08 Å². The third kappa shape index (κ3) is 3.66. The minimum Gasteiger partial charge on any atom is -0.481 e. The number of carboxylic acid groups (broad SMARTS) is 1. The molecule has 0 bridgehead atoms. The molecule has 0 saturated carbocycles. The number of hydrogen-bond acceptors (Lipinski definition) is 2. The SMILES string of the molecule is C=C/C=C(\C=C/C)CN1CCC(C(=O)O)C1. The summed E-state index contributed by atoms with van der Waals surface area (Å²) in [6, 6.07) is 0. The van der Waals surface area contributed by atoms with Crippen LogP contribution in [0.5, 0.6) is 0 Å². The Bertz CT molecular complexity index is 318. The topological polar surface area (TPSA) is 40.5 Å². The average molecular weight is 221 g/mol. The van der Waals surface area contributed by atoms with E-state index in [1.165, 1.54) is 5.57 Å². The summed E-state index contributed by atoms with van der Waals surface area (Å²) < 4.78 is 0. The van der Waals surface area contributed by atoms with Crippen LogP contribution in [0, 0.1) is 5.92 Å². The van der Waals surface area contributed by atoms with Gasteiger partial charge in [-0.05, 0) is 25.5 Å². The summed E-state index contributed by atoms with van der Waals surface area (Å²) in [4.78, 5) is 13.0. The van der Waals surface area contributed by atoms with Crippen LogP contribution in [0.3, 0.4) is 0 Å². The number of aliphatic carboxylic acids is 1. The monoisotopic (exact) mass is 221 g/mol. The number of hydrogen-bond donors (Lipinski definition) is 1. The maximum absolute atomic E-state index is 10.8. The molecule has 1 aliphatic rings. The van der Waals surface area contributed by atoms with Crippen molar-refractivity contribution < 1.29 is 9.90 Å². The third-order valence-corrected chi connectivity index (χ3v) is 2.74. The van der Waals surface area contributed by atoms with Gasteiger partial charge in [0.2, 0.25) is 0 Å². The van der Waals surface area contributed by atoms with Gasteiger partial charge in [-0.15, -0.1) is 0 Å². The molecule has 1 heterocycles. The van der Waals surface area contributed by atoms with Crippen molar-refractivity contribution in [3.05, 3.63) is 36.5 Å². The fraction of sp³-hybridized carbons (Fsp3) is 0.462. The van der Waals surface area contributed by atoms with Crippen molar-refractivity contribution in [1.29, 1.82) is 0 Å². The van der Waals surface area contributed by atoms with Gasteiger partial charge in [0.05, 0.1) is 5.92 Å². The van der Waals surface area contributed by atoms with E-state index in [0.29, 0.717) is 6.54 Å². The predicted octanol–water partition coefficient (Wildman–Crippen LogP) is 2.08. The molecule has 0 aliphatic carbocycles. The van der Waals surface area contributed by atoms with Gasteiger partial charge in [-0.2, -0.15) is 0 Å². The van der Waals surface area contributed by atoms with Crippen molar-refractivity contribution in [2.75, 3.05) is 19.6 Å². The molecule has 3 nitrogen and oxygen atoms in total. The van der Waals surface area contributed by atoms with Gasteiger partial charge in [-0.25, -0.2) is 0 Å². The molecule has 1 atom stereocenters. The van der Waals surface area contributed by atoms with E-state index >= 15 is 0 Å². The Balaban J connectivity index is 2.52. The van der Waals surface area contributed by atoms with Crippen LogP contribution in [0.1, 0.15) is 13.3 Å². The summed E-state index contributed by atoms with van der Waals surface area (Å²) in [5, 5.41) is 8.90. The van der Waals surface area contributed by atoms with Crippen LogP contribution < -0.4 is 0 Å². The molecule has 1 saturated heterocycles. The molecule has 1 unspecified atom stereocenters. The molecule has 0 radical (unpaired) electrons. The highest BCUT2D eigenvalue weighted by molar-refractivity contribution is 5.70. The predicted molar refractivity (Wildman–Crippen MR) is 65.3 cm³/mol. The Hall–Kier alpha value is -1.35. The summed E-state index contributed by atoms with van der Waals surface area (Å²) >= 11 is 0. The number of nitrogens with zero attached hydrogens (tertiary/aromatic N) is 1. The average Bonchev–Trinajstić information content (AvgIpc) is 2.67. The fourth-order valence-corrected chi connectivity index (χ4v) is 1.96. The lowest BCUT2D eigenvalue weighted by Gasteiger charge is -2.15. The Kier molecular flexibility index (Phi) is 4.99. The smallest absolute Gasteiger partial charge is 0.307 e. The normalized spacial score (nSPS) is 22.8. The van der Waals surface area contributed by atoms with Crippen LogP contribution in [0.25, 0.3) is 0 Å². The van der Waals surface area contributed by atoms with E-state index < -0.39 is 5.97 Å². The van der Waals surface area contributed by atoms with Crippen molar-refractivity contribution in [1.82, 2.24) is 4.90 Å². The molecule has 16 heavy (non-hydrogen) atoms. The van der Waals surface area contributed by atoms with Gasteiger partial charge in [0.1, 0.15) is 0 Å². The molecule has 88 valence electrons. The largest absolute Gasteiger partial charge is 0.481 e. The summed E-state index contributed by atoms with van der Waals surface area (Å²) in [5.41, 5.74) is 1.17. The van der Waals surface area contributed by atoms with E-state index in [4.69, 9.17) is 5.11 Å². The van der Waals surface area contributed by atoms with E-state index in [-0.39, 0.29) is 5.92 Å².